The summed E-state index contributed by atoms with van der Waals surface area (Å²) in [6, 6.07) is 4.78. The number of halogens is 2. The second-order valence-electron chi connectivity index (χ2n) is 4.79. The molecule has 3 nitrogen and oxygen atoms in total. The first kappa shape index (κ1) is 15.1. The monoisotopic (exact) mass is 322 g/mol. The van der Waals surface area contributed by atoms with Crippen molar-refractivity contribution in [2.24, 2.45) is 0 Å². The lowest BCUT2D eigenvalue weighted by Gasteiger charge is -2.21. The fourth-order valence-corrected chi connectivity index (χ4v) is 4.00. The van der Waals surface area contributed by atoms with Crippen LogP contribution in [0.25, 0.3) is 0 Å². The van der Waals surface area contributed by atoms with Crippen LogP contribution in [-0.4, -0.2) is 14.5 Å². The maximum Gasteiger partial charge on any atom is 0.271 e. The van der Waals surface area contributed by atoms with E-state index in [0.717, 1.165) is 32.1 Å². The van der Waals surface area contributed by atoms with Crippen LogP contribution in [0, 0.1) is 0 Å². The highest BCUT2D eigenvalue weighted by molar-refractivity contribution is 7.85. The summed E-state index contributed by atoms with van der Waals surface area (Å²) in [4.78, 5) is 0. The molecule has 1 aromatic carbocycles. The fourth-order valence-electron chi connectivity index (χ4n) is 2.25. The molecule has 2 rings (SSSR count). The standard InChI is InChI=1S/C13H16Cl2O3S/c14-11-6-7-13(15)10(8-11)9-19(16,17)18-12-4-2-1-3-5-12/h6-8,12H,1-5,9H2. The van der Waals surface area contributed by atoms with E-state index in [1.165, 1.54) is 0 Å². The number of hydrogen-bond acceptors (Lipinski definition) is 3. The third-order valence-corrected chi connectivity index (χ3v) is 5.01. The van der Waals surface area contributed by atoms with E-state index in [1.54, 1.807) is 18.2 Å². The zero-order chi connectivity index (χ0) is 13.9. The Morgan fingerprint density at radius 2 is 1.84 bits per heavy atom. The van der Waals surface area contributed by atoms with Gasteiger partial charge >= 0.3 is 0 Å². The van der Waals surface area contributed by atoms with Gasteiger partial charge in [-0.1, -0.05) is 42.5 Å². The lowest BCUT2D eigenvalue weighted by atomic mass is 9.98. The van der Waals surface area contributed by atoms with Gasteiger partial charge in [-0.25, -0.2) is 0 Å². The molecule has 0 N–H and O–H groups in total. The van der Waals surface area contributed by atoms with Gasteiger partial charge in [-0.2, -0.15) is 8.42 Å². The summed E-state index contributed by atoms with van der Waals surface area (Å²) in [5.41, 5.74) is 0.477. The number of hydrogen-bond donors (Lipinski definition) is 0. The Morgan fingerprint density at radius 3 is 2.53 bits per heavy atom. The zero-order valence-electron chi connectivity index (χ0n) is 10.4. The zero-order valence-corrected chi connectivity index (χ0v) is 12.8. The largest absolute Gasteiger partial charge is 0.271 e. The van der Waals surface area contributed by atoms with Crippen molar-refractivity contribution in [3.05, 3.63) is 33.8 Å². The summed E-state index contributed by atoms with van der Waals surface area (Å²) < 4.78 is 29.3. The first-order valence-electron chi connectivity index (χ1n) is 6.31. The predicted molar refractivity (Wildman–Crippen MR) is 77.0 cm³/mol. The average Bonchev–Trinajstić information content (AvgIpc) is 2.34. The summed E-state index contributed by atoms with van der Waals surface area (Å²) in [6.07, 6.45) is 4.64. The summed E-state index contributed by atoms with van der Waals surface area (Å²) in [7, 11) is -3.62. The van der Waals surface area contributed by atoms with Crippen molar-refractivity contribution in [1.29, 1.82) is 0 Å². The average molecular weight is 323 g/mol. The summed E-state index contributed by atoms with van der Waals surface area (Å²) >= 11 is 11.8. The van der Waals surface area contributed by atoms with Gasteiger partial charge in [0.2, 0.25) is 0 Å². The van der Waals surface area contributed by atoms with Crippen LogP contribution in [0.3, 0.4) is 0 Å². The van der Waals surface area contributed by atoms with Gasteiger partial charge in [0.15, 0.2) is 0 Å². The smallest absolute Gasteiger partial charge is 0.267 e. The molecule has 0 spiro atoms. The van der Waals surface area contributed by atoms with E-state index in [9.17, 15) is 8.42 Å². The Kier molecular flexibility index (Phi) is 5.12. The molecular weight excluding hydrogens is 307 g/mol. The third-order valence-electron chi connectivity index (χ3n) is 3.17. The molecule has 0 aromatic heterocycles. The third kappa shape index (κ3) is 4.63. The minimum atomic E-state index is -3.62. The molecule has 19 heavy (non-hydrogen) atoms. The molecular formula is C13H16Cl2O3S. The molecule has 106 valence electrons. The summed E-state index contributed by atoms with van der Waals surface area (Å²) in [6.45, 7) is 0. The molecule has 1 fully saturated rings. The molecule has 1 aliphatic carbocycles. The Labute approximate surface area is 124 Å². The lowest BCUT2D eigenvalue weighted by Crippen LogP contribution is -2.22. The van der Waals surface area contributed by atoms with Crippen LogP contribution < -0.4 is 0 Å². The van der Waals surface area contributed by atoms with E-state index in [4.69, 9.17) is 27.4 Å². The first-order valence-corrected chi connectivity index (χ1v) is 8.64. The molecule has 1 saturated carbocycles. The molecule has 0 amide bonds. The molecule has 0 heterocycles. The van der Waals surface area contributed by atoms with Crippen LogP contribution in [0.2, 0.25) is 10.0 Å². The second-order valence-corrected chi connectivity index (χ2v) is 7.23. The van der Waals surface area contributed by atoms with Crippen LogP contribution in [0.1, 0.15) is 37.7 Å². The Balaban J connectivity index is 2.05. The predicted octanol–water partition coefficient (Wildman–Crippen LogP) is 4.17. The molecule has 0 unspecified atom stereocenters. The second kappa shape index (κ2) is 6.44. The van der Waals surface area contributed by atoms with Gasteiger partial charge in [0.1, 0.15) is 5.75 Å². The first-order chi connectivity index (χ1) is 8.96. The molecule has 1 aromatic rings. The SMILES string of the molecule is O=S(=O)(Cc1cc(Cl)ccc1Cl)OC1CCCCC1. The number of rotatable bonds is 4. The van der Waals surface area contributed by atoms with Crippen molar-refractivity contribution < 1.29 is 12.6 Å². The maximum atomic E-state index is 12.0. The highest BCUT2D eigenvalue weighted by Gasteiger charge is 2.23. The normalized spacial score (nSPS) is 17.6. The minimum absolute atomic E-state index is 0.184. The van der Waals surface area contributed by atoms with Gasteiger partial charge in [0, 0.05) is 10.0 Å². The van der Waals surface area contributed by atoms with Crippen molar-refractivity contribution >= 4 is 33.3 Å². The van der Waals surface area contributed by atoms with Crippen molar-refractivity contribution in [2.75, 3.05) is 0 Å². The van der Waals surface area contributed by atoms with Crippen molar-refractivity contribution in [1.82, 2.24) is 0 Å². The van der Waals surface area contributed by atoms with E-state index in [-0.39, 0.29) is 11.9 Å². The molecule has 0 saturated heterocycles. The molecule has 1 aliphatic rings. The Bertz CT molecular complexity index is 537. The molecule has 0 bridgehead atoms. The molecule has 0 atom stereocenters. The van der Waals surface area contributed by atoms with Gasteiger partial charge in [0.25, 0.3) is 10.1 Å². The molecule has 0 radical (unpaired) electrons. The lowest BCUT2D eigenvalue weighted by molar-refractivity contribution is 0.162. The summed E-state index contributed by atoms with van der Waals surface area (Å²) in [5, 5.41) is 0.854. The van der Waals surface area contributed by atoms with Crippen LogP contribution >= 0.6 is 23.2 Å². The topological polar surface area (TPSA) is 43.4 Å². The van der Waals surface area contributed by atoms with Crippen molar-refractivity contribution in [3.8, 4) is 0 Å². The fraction of sp³-hybridized carbons (Fsp3) is 0.538. The van der Waals surface area contributed by atoms with Gasteiger partial charge in [-0.3, -0.25) is 4.18 Å². The quantitative estimate of drug-likeness (QED) is 0.781. The van der Waals surface area contributed by atoms with Crippen molar-refractivity contribution in [2.45, 2.75) is 44.0 Å². The van der Waals surface area contributed by atoms with E-state index < -0.39 is 10.1 Å². The summed E-state index contributed by atoms with van der Waals surface area (Å²) in [5.74, 6) is -0.233. The van der Waals surface area contributed by atoms with Crippen LogP contribution in [0.4, 0.5) is 0 Å². The maximum absolute atomic E-state index is 12.0. The van der Waals surface area contributed by atoms with Gasteiger partial charge in [0.05, 0.1) is 6.10 Å². The highest BCUT2D eigenvalue weighted by Crippen LogP contribution is 2.26. The number of benzene rings is 1. The Hall–Kier alpha value is -0.290. The molecule has 6 heteroatoms. The minimum Gasteiger partial charge on any atom is -0.267 e. The van der Waals surface area contributed by atoms with E-state index in [0.29, 0.717) is 15.6 Å². The Morgan fingerprint density at radius 1 is 1.16 bits per heavy atom. The van der Waals surface area contributed by atoms with Crippen LogP contribution in [-0.2, 0) is 20.1 Å². The van der Waals surface area contributed by atoms with Crippen LogP contribution in [0.5, 0.6) is 0 Å². The molecule has 0 aliphatic heterocycles. The van der Waals surface area contributed by atoms with E-state index in [2.05, 4.69) is 0 Å². The van der Waals surface area contributed by atoms with Crippen LogP contribution in [0.15, 0.2) is 18.2 Å². The van der Waals surface area contributed by atoms with Gasteiger partial charge in [-0.15, -0.1) is 0 Å². The van der Waals surface area contributed by atoms with Gasteiger partial charge < -0.3 is 0 Å². The van der Waals surface area contributed by atoms with Crippen molar-refractivity contribution in [3.63, 3.8) is 0 Å². The highest BCUT2D eigenvalue weighted by atomic mass is 35.5. The van der Waals surface area contributed by atoms with E-state index >= 15 is 0 Å². The van der Waals surface area contributed by atoms with Gasteiger partial charge in [-0.05, 0) is 36.6 Å². The van der Waals surface area contributed by atoms with E-state index in [1.807, 2.05) is 0 Å².